The third-order valence-corrected chi connectivity index (χ3v) is 4.06. The molecule has 0 aliphatic heterocycles. The van der Waals surface area contributed by atoms with Crippen molar-refractivity contribution in [2.75, 3.05) is 19.5 Å². The zero-order valence-corrected chi connectivity index (χ0v) is 16.3. The number of nitrogens with zero attached hydrogens (tertiary/aromatic N) is 1. The summed E-state index contributed by atoms with van der Waals surface area (Å²) in [5.41, 5.74) is 2.45. The number of methoxy groups -OCH3 is 2. The fourth-order valence-electron chi connectivity index (χ4n) is 2.63. The molecule has 0 aliphatic rings. The Bertz CT molecular complexity index is 987. The van der Waals surface area contributed by atoms with Gasteiger partial charge in [-0.3, -0.25) is 9.78 Å². The molecule has 1 N–H and O–H groups in total. The minimum atomic E-state index is -0.246. The highest BCUT2D eigenvalue weighted by molar-refractivity contribution is 6.02. The van der Waals surface area contributed by atoms with Crippen LogP contribution in [0, 0.1) is 0 Å². The molecule has 0 spiro atoms. The van der Waals surface area contributed by atoms with Crippen LogP contribution < -0.4 is 19.5 Å². The highest BCUT2D eigenvalue weighted by Gasteiger charge is 2.04. The van der Waals surface area contributed by atoms with Crippen LogP contribution in [0.15, 0.2) is 73.1 Å². The molecule has 1 heterocycles. The van der Waals surface area contributed by atoms with Crippen LogP contribution in [0.25, 0.3) is 6.08 Å². The summed E-state index contributed by atoms with van der Waals surface area (Å²) in [5.74, 6) is 1.66. The molecule has 0 aliphatic carbocycles. The van der Waals surface area contributed by atoms with Crippen molar-refractivity contribution in [3.8, 4) is 17.2 Å². The number of nitrogens with one attached hydrogen (secondary N) is 1. The van der Waals surface area contributed by atoms with E-state index in [1.54, 1.807) is 57.0 Å². The van der Waals surface area contributed by atoms with Crippen LogP contribution in [-0.2, 0) is 11.4 Å². The molecule has 0 atom stereocenters. The van der Waals surface area contributed by atoms with Crippen LogP contribution in [0.3, 0.4) is 0 Å². The lowest BCUT2D eigenvalue weighted by Gasteiger charge is -2.09. The molecule has 6 nitrogen and oxygen atoms in total. The smallest absolute Gasteiger partial charge is 0.248 e. The highest BCUT2D eigenvalue weighted by atomic mass is 16.5. The van der Waals surface area contributed by atoms with E-state index < -0.39 is 0 Å². The van der Waals surface area contributed by atoms with Gasteiger partial charge in [-0.2, -0.15) is 0 Å². The molecular weight excluding hydrogens is 368 g/mol. The van der Waals surface area contributed by atoms with E-state index in [9.17, 15) is 4.79 Å². The van der Waals surface area contributed by atoms with Gasteiger partial charge in [-0.1, -0.05) is 18.2 Å². The third kappa shape index (κ3) is 5.84. The van der Waals surface area contributed by atoms with Crippen molar-refractivity contribution < 1.29 is 19.0 Å². The normalized spacial score (nSPS) is 10.6. The Morgan fingerprint density at radius 1 is 1.03 bits per heavy atom. The number of ether oxygens (including phenoxy) is 3. The molecule has 6 heteroatoms. The number of benzene rings is 2. The van der Waals surface area contributed by atoms with Gasteiger partial charge in [-0.15, -0.1) is 0 Å². The quantitative estimate of drug-likeness (QED) is 0.580. The lowest BCUT2D eigenvalue weighted by atomic mass is 10.2. The fourth-order valence-corrected chi connectivity index (χ4v) is 2.63. The van der Waals surface area contributed by atoms with Crippen LogP contribution in [0.1, 0.15) is 11.1 Å². The van der Waals surface area contributed by atoms with Gasteiger partial charge < -0.3 is 19.5 Å². The maximum Gasteiger partial charge on any atom is 0.248 e. The molecular formula is C23H22N2O4. The number of aromatic nitrogens is 1. The van der Waals surface area contributed by atoms with Gasteiger partial charge in [-0.25, -0.2) is 0 Å². The van der Waals surface area contributed by atoms with E-state index in [0.717, 1.165) is 11.1 Å². The Labute approximate surface area is 169 Å². The zero-order valence-electron chi connectivity index (χ0n) is 16.3. The molecule has 0 saturated carbocycles. The van der Waals surface area contributed by atoms with Gasteiger partial charge in [0.25, 0.3) is 0 Å². The van der Waals surface area contributed by atoms with E-state index >= 15 is 0 Å². The minimum absolute atomic E-state index is 0.246. The van der Waals surface area contributed by atoms with Crippen molar-refractivity contribution >= 4 is 17.7 Å². The van der Waals surface area contributed by atoms with Crippen LogP contribution in [-0.4, -0.2) is 25.1 Å². The summed E-state index contributed by atoms with van der Waals surface area (Å²) in [7, 11) is 3.15. The molecule has 0 radical (unpaired) electrons. The molecule has 3 aromatic rings. The first-order valence-electron chi connectivity index (χ1n) is 9.01. The molecule has 1 amide bonds. The predicted molar refractivity (Wildman–Crippen MR) is 112 cm³/mol. The van der Waals surface area contributed by atoms with Gasteiger partial charge in [0, 0.05) is 35.8 Å². The second-order valence-electron chi connectivity index (χ2n) is 6.11. The fraction of sp³-hybridized carbons (Fsp3) is 0.130. The lowest BCUT2D eigenvalue weighted by Crippen LogP contribution is -2.07. The third-order valence-electron chi connectivity index (χ3n) is 4.06. The van der Waals surface area contributed by atoms with Crippen LogP contribution in [0.4, 0.5) is 5.69 Å². The van der Waals surface area contributed by atoms with E-state index in [2.05, 4.69) is 10.3 Å². The van der Waals surface area contributed by atoms with Gasteiger partial charge in [0.1, 0.15) is 12.4 Å². The first-order valence-corrected chi connectivity index (χ1v) is 9.01. The molecule has 0 unspecified atom stereocenters. The van der Waals surface area contributed by atoms with E-state index in [1.165, 1.54) is 6.08 Å². The molecule has 2 aromatic carbocycles. The van der Waals surface area contributed by atoms with E-state index in [4.69, 9.17) is 14.2 Å². The maximum atomic E-state index is 12.3. The van der Waals surface area contributed by atoms with Crippen molar-refractivity contribution in [1.82, 2.24) is 4.98 Å². The van der Waals surface area contributed by atoms with E-state index in [1.807, 2.05) is 30.3 Å². The first-order chi connectivity index (χ1) is 14.2. The maximum absolute atomic E-state index is 12.3. The van der Waals surface area contributed by atoms with Gasteiger partial charge in [0.05, 0.1) is 14.2 Å². The van der Waals surface area contributed by atoms with Crippen molar-refractivity contribution in [3.63, 3.8) is 0 Å². The summed E-state index contributed by atoms with van der Waals surface area (Å²) < 4.78 is 16.2. The Hall–Kier alpha value is -3.80. The summed E-state index contributed by atoms with van der Waals surface area (Å²) in [5, 5.41) is 2.83. The second-order valence-corrected chi connectivity index (χ2v) is 6.11. The molecule has 148 valence electrons. The van der Waals surface area contributed by atoms with Crippen molar-refractivity contribution in [2.45, 2.75) is 6.61 Å². The van der Waals surface area contributed by atoms with Gasteiger partial charge in [0.15, 0.2) is 11.5 Å². The average Bonchev–Trinajstić information content (AvgIpc) is 2.77. The summed E-state index contributed by atoms with van der Waals surface area (Å²) in [4.78, 5) is 16.3. The Morgan fingerprint density at radius 2 is 1.90 bits per heavy atom. The Kier molecular flexibility index (Phi) is 6.84. The van der Waals surface area contributed by atoms with Gasteiger partial charge in [-0.05, 0) is 42.0 Å². The summed E-state index contributed by atoms with van der Waals surface area (Å²) in [6.45, 7) is 0.407. The lowest BCUT2D eigenvalue weighted by molar-refractivity contribution is -0.111. The number of rotatable bonds is 8. The van der Waals surface area contributed by atoms with Crippen LogP contribution in [0.2, 0.25) is 0 Å². The first kappa shape index (κ1) is 19.9. The van der Waals surface area contributed by atoms with Crippen molar-refractivity contribution in [2.24, 2.45) is 0 Å². The van der Waals surface area contributed by atoms with Crippen molar-refractivity contribution in [3.05, 3.63) is 84.2 Å². The molecule has 0 bridgehead atoms. The molecule has 1 aromatic heterocycles. The van der Waals surface area contributed by atoms with E-state index in [0.29, 0.717) is 29.5 Å². The Balaban J connectivity index is 1.59. The molecule has 29 heavy (non-hydrogen) atoms. The summed E-state index contributed by atoms with van der Waals surface area (Å²) in [6, 6.07) is 16.5. The number of carbonyl (C=O) groups excluding carboxylic acids is 1. The number of anilines is 1. The standard InChI is InChI=1S/C23H22N2O4/c1-27-21-10-8-17(13-22(21)28-2)9-11-23(26)25-19-6-3-7-20(14-19)29-16-18-5-4-12-24-15-18/h3-15H,16H2,1-2H3,(H,25,26)/b11-9+. The molecule has 3 rings (SSSR count). The topological polar surface area (TPSA) is 69.7 Å². The average molecular weight is 390 g/mol. The number of hydrogen-bond donors (Lipinski definition) is 1. The number of pyridine rings is 1. The summed E-state index contributed by atoms with van der Waals surface area (Å²) in [6.07, 6.45) is 6.64. The largest absolute Gasteiger partial charge is 0.493 e. The zero-order chi connectivity index (χ0) is 20.5. The highest BCUT2D eigenvalue weighted by Crippen LogP contribution is 2.28. The number of amides is 1. The second kappa shape index (κ2) is 9.94. The van der Waals surface area contributed by atoms with E-state index in [-0.39, 0.29) is 5.91 Å². The minimum Gasteiger partial charge on any atom is -0.493 e. The molecule has 0 fully saturated rings. The SMILES string of the molecule is COc1ccc(/C=C/C(=O)Nc2cccc(OCc3cccnc3)c2)cc1OC. The Morgan fingerprint density at radius 3 is 2.66 bits per heavy atom. The van der Waals surface area contributed by atoms with Gasteiger partial charge >= 0.3 is 0 Å². The predicted octanol–water partition coefficient (Wildman–Crippen LogP) is 4.33. The summed E-state index contributed by atoms with van der Waals surface area (Å²) >= 11 is 0. The monoisotopic (exact) mass is 390 g/mol. The van der Waals surface area contributed by atoms with Gasteiger partial charge in [0.2, 0.25) is 5.91 Å². The van der Waals surface area contributed by atoms with Crippen molar-refractivity contribution in [1.29, 1.82) is 0 Å². The van der Waals surface area contributed by atoms with Crippen LogP contribution >= 0.6 is 0 Å². The van der Waals surface area contributed by atoms with Crippen LogP contribution in [0.5, 0.6) is 17.2 Å². The number of hydrogen-bond acceptors (Lipinski definition) is 5. The molecule has 0 saturated heterocycles. The number of carbonyl (C=O) groups is 1.